The number of ether oxygens (including phenoxy) is 1. The molecule has 0 aliphatic heterocycles. The summed E-state index contributed by atoms with van der Waals surface area (Å²) < 4.78 is 4.32. The zero-order valence-corrected chi connectivity index (χ0v) is 32.4. The van der Waals surface area contributed by atoms with Crippen LogP contribution in [-0.2, 0) is 14.3 Å². The van der Waals surface area contributed by atoms with E-state index in [1.165, 1.54) is 103 Å². The van der Waals surface area contributed by atoms with E-state index < -0.39 is 24.6 Å². The molecule has 5 atom stereocenters. The maximum atomic E-state index is 11.1. The lowest BCUT2D eigenvalue weighted by Crippen LogP contribution is -2.28. The summed E-state index contributed by atoms with van der Waals surface area (Å²) in [5.41, 5.74) is 0. The van der Waals surface area contributed by atoms with Crippen LogP contribution >= 0.6 is 0 Å². The number of aliphatic hydroxyl groups excluding tert-OH is 2. The summed E-state index contributed by atoms with van der Waals surface area (Å²) in [7, 11) is 0. The monoisotopic (exact) mass is 655 g/mol. The van der Waals surface area contributed by atoms with Crippen molar-refractivity contribution in [1.29, 1.82) is 0 Å². The Morgan fingerprint density at radius 2 is 0.848 bits per heavy atom. The minimum atomic E-state index is -1.62. The van der Waals surface area contributed by atoms with E-state index in [2.05, 4.69) is 67.1 Å². The van der Waals surface area contributed by atoms with Crippen molar-refractivity contribution in [2.24, 2.45) is 35.5 Å². The summed E-state index contributed by atoms with van der Waals surface area (Å²) in [6.07, 6.45) is 26.7. The van der Waals surface area contributed by atoms with E-state index in [0.717, 1.165) is 61.2 Å². The van der Waals surface area contributed by atoms with Crippen LogP contribution in [0.1, 0.15) is 204 Å². The van der Waals surface area contributed by atoms with E-state index in [1.807, 2.05) is 0 Å². The molecule has 0 fully saturated rings. The summed E-state index contributed by atoms with van der Waals surface area (Å²) in [5, 5.41) is 17.3. The van der Waals surface area contributed by atoms with Crippen LogP contribution in [-0.4, -0.2) is 34.9 Å². The lowest BCUT2D eigenvalue weighted by atomic mass is 9.90. The molecule has 0 spiro atoms. The van der Waals surface area contributed by atoms with Gasteiger partial charge in [-0.3, -0.25) is 4.79 Å². The first kappa shape index (κ1) is 47.2. The number of aliphatic hydroxyl groups is 2. The van der Waals surface area contributed by atoms with Gasteiger partial charge in [0.25, 0.3) is 0 Å². The number of carbonyl (C=O) groups is 2. The molecule has 0 aliphatic rings. The van der Waals surface area contributed by atoms with Gasteiger partial charge < -0.3 is 14.9 Å². The Kier molecular flexibility index (Phi) is 33.4. The van der Waals surface area contributed by atoms with Crippen molar-refractivity contribution in [2.75, 3.05) is 6.61 Å². The summed E-state index contributed by atoms with van der Waals surface area (Å²) in [5.74, 6) is 3.79. The van der Waals surface area contributed by atoms with Gasteiger partial charge in [-0.2, -0.15) is 0 Å². The summed E-state index contributed by atoms with van der Waals surface area (Å²) in [4.78, 5) is 21.9. The highest BCUT2D eigenvalue weighted by molar-refractivity contribution is 5.87. The van der Waals surface area contributed by atoms with Gasteiger partial charge in [-0.15, -0.1) is 0 Å². The number of carbonyl (C=O) groups excluding carboxylic acids is 2. The van der Waals surface area contributed by atoms with Gasteiger partial charge in [-0.25, -0.2) is 4.79 Å². The van der Waals surface area contributed by atoms with Gasteiger partial charge in [0.2, 0.25) is 0 Å². The molecule has 0 radical (unpaired) electrons. The fourth-order valence-electron chi connectivity index (χ4n) is 6.12. The molecule has 5 heteroatoms. The first-order valence-electron chi connectivity index (χ1n) is 19.8. The average molecular weight is 655 g/mol. The molecular weight excluding hydrogens is 572 g/mol. The molecule has 5 unspecified atom stereocenters. The molecule has 46 heavy (non-hydrogen) atoms. The summed E-state index contributed by atoms with van der Waals surface area (Å²) in [6, 6.07) is 0. The highest BCUT2D eigenvalue weighted by Gasteiger charge is 2.18. The fraction of sp³-hybridized carbons (Fsp3) is 0.951. The van der Waals surface area contributed by atoms with E-state index in [1.54, 1.807) is 0 Å². The molecule has 0 aromatic heterocycles. The summed E-state index contributed by atoms with van der Waals surface area (Å²) in [6.45, 7) is 20.7. The minimum Gasteiger partial charge on any atom is -0.393 e. The molecule has 0 aromatic rings. The second-order valence-corrected chi connectivity index (χ2v) is 15.9. The largest absolute Gasteiger partial charge is 0.393 e. The first-order chi connectivity index (χ1) is 21.8. The van der Waals surface area contributed by atoms with Crippen molar-refractivity contribution in [3.8, 4) is 0 Å². The molecule has 0 saturated carbocycles. The van der Waals surface area contributed by atoms with Gasteiger partial charge in [-0.1, -0.05) is 191 Å². The fourth-order valence-corrected chi connectivity index (χ4v) is 6.12. The van der Waals surface area contributed by atoms with Crippen LogP contribution in [0.2, 0.25) is 0 Å². The van der Waals surface area contributed by atoms with Crippen LogP contribution in [0.4, 0.5) is 0 Å². The Morgan fingerprint density at radius 1 is 0.500 bits per heavy atom. The summed E-state index contributed by atoms with van der Waals surface area (Å²) >= 11 is 0. The highest BCUT2D eigenvalue weighted by atomic mass is 16.6. The molecule has 276 valence electrons. The van der Waals surface area contributed by atoms with Crippen molar-refractivity contribution in [1.82, 2.24) is 0 Å². The molecule has 0 saturated heterocycles. The Balaban J connectivity index is 0. The topological polar surface area (TPSA) is 83.8 Å². The Labute approximate surface area is 287 Å². The van der Waals surface area contributed by atoms with Gasteiger partial charge in [-0.05, 0) is 41.9 Å². The van der Waals surface area contributed by atoms with Gasteiger partial charge in [0.15, 0.2) is 6.10 Å². The van der Waals surface area contributed by atoms with Crippen LogP contribution in [0.15, 0.2) is 0 Å². The number of unbranched alkanes of at least 4 members (excludes halogenated alkanes) is 5. The lowest BCUT2D eigenvalue weighted by Gasteiger charge is -2.16. The minimum absolute atomic E-state index is 0.174. The number of hydrogen-bond acceptors (Lipinski definition) is 5. The van der Waals surface area contributed by atoms with E-state index in [-0.39, 0.29) is 6.42 Å². The van der Waals surface area contributed by atoms with Gasteiger partial charge >= 0.3 is 11.9 Å². The maximum absolute atomic E-state index is 11.1. The van der Waals surface area contributed by atoms with E-state index in [0.29, 0.717) is 6.42 Å². The standard InChI is InChI=1S/C30H62.C11H20O5/c1-25(2)15-11-19-29(7)23-13-21-27(5)17-9-10-18-28(6)22-14-24-30(8)20-12-16-26(3)4;1-2-3-4-5-6-7-10(14)16-11(15)9(13)8-12/h25-30H,9-24H2,1-8H3;9,12-13H,2-8H2,1H3. The van der Waals surface area contributed by atoms with Crippen LogP contribution in [0.5, 0.6) is 0 Å². The molecule has 0 heterocycles. The number of rotatable bonds is 29. The highest BCUT2D eigenvalue weighted by Crippen LogP contribution is 2.24. The first-order valence-corrected chi connectivity index (χ1v) is 19.8. The average Bonchev–Trinajstić information content (AvgIpc) is 2.98. The van der Waals surface area contributed by atoms with Crippen molar-refractivity contribution >= 4 is 11.9 Å². The Bertz CT molecular complexity index is 642. The van der Waals surface area contributed by atoms with Crippen LogP contribution in [0.3, 0.4) is 0 Å². The third-order valence-electron chi connectivity index (χ3n) is 9.53. The molecule has 0 rings (SSSR count). The lowest BCUT2D eigenvalue weighted by molar-refractivity contribution is -0.167. The smallest absolute Gasteiger partial charge is 0.345 e. The predicted octanol–water partition coefficient (Wildman–Crippen LogP) is 11.9. The molecule has 0 aromatic carbocycles. The number of esters is 2. The molecule has 0 aliphatic carbocycles. The van der Waals surface area contributed by atoms with E-state index >= 15 is 0 Å². The van der Waals surface area contributed by atoms with Crippen LogP contribution in [0.25, 0.3) is 0 Å². The molecule has 0 amide bonds. The zero-order valence-electron chi connectivity index (χ0n) is 32.4. The second-order valence-electron chi connectivity index (χ2n) is 15.9. The quantitative estimate of drug-likeness (QED) is 0.0476. The van der Waals surface area contributed by atoms with Crippen molar-refractivity contribution < 1.29 is 24.5 Å². The maximum Gasteiger partial charge on any atom is 0.345 e. The van der Waals surface area contributed by atoms with Crippen molar-refractivity contribution in [3.63, 3.8) is 0 Å². The molecule has 0 bridgehead atoms. The van der Waals surface area contributed by atoms with Crippen molar-refractivity contribution in [3.05, 3.63) is 0 Å². The van der Waals surface area contributed by atoms with E-state index in [4.69, 9.17) is 10.2 Å². The van der Waals surface area contributed by atoms with Crippen LogP contribution in [0, 0.1) is 35.5 Å². The van der Waals surface area contributed by atoms with Crippen molar-refractivity contribution in [2.45, 2.75) is 210 Å². The Hall–Kier alpha value is -0.940. The van der Waals surface area contributed by atoms with Gasteiger partial charge in [0.1, 0.15) is 0 Å². The number of hydrogen-bond donors (Lipinski definition) is 2. The normalized spacial score (nSPS) is 14.8. The molecular formula is C41H82O5. The van der Waals surface area contributed by atoms with E-state index in [9.17, 15) is 9.59 Å². The molecule has 5 nitrogen and oxygen atoms in total. The third-order valence-corrected chi connectivity index (χ3v) is 9.53. The third kappa shape index (κ3) is 34.4. The SMILES string of the molecule is CC(C)CCCC(C)CCCC(C)CCCCC(C)CCCC(C)CCCC(C)C.CCCCCCCC(=O)OC(=O)C(O)CO. The van der Waals surface area contributed by atoms with Gasteiger partial charge in [0.05, 0.1) is 6.61 Å². The Morgan fingerprint density at radius 3 is 1.20 bits per heavy atom. The molecule has 2 N–H and O–H groups in total. The van der Waals surface area contributed by atoms with Crippen LogP contribution < -0.4 is 0 Å². The second kappa shape index (κ2) is 32.6. The zero-order chi connectivity index (χ0) is 35.2. The van der Waals surface area contributed by atoms with Gasteiger partial charge in [0, 0.05) is 6.42 Å². The predicted molar refractivity (Wildman–Crippen MR) is 198 cm³/mol.